The van der Waals surface area contributed by atoms with Gasteiger partial charge in [0.1, 0.15) is 0 Å². The van der Waals surface area contributed by atoms with E-state index in [1.54, 1.807) is 12.1 Å². The standard InChI is InChI=1S/C11H12ClF2N/c12-9-3-1-8(2-4-9)7-15-10-5-11(13,14)6-10/h1-4,10,15H,5-7H2. The highest BCUT2D eigenvalue weighted by Crippen LogP contribution is 2.37. The van der Waals surface area contributed by atoms with Gasteiger partial charge in [-0.05, 0) is 17.7 Å². The van der Waals surface area contributed by atoms with E-state index in [0.29, 0.717) is 11.6 Å². The number of rotatable bonds is 3. The van der Waals surface area contributed by atoms with E-state index in [9.17, 15) is 8.78 Å². The lowest BCUT2D eigenvalue weighted by Gasteiger charge is -2.35. The van der Waals surface area contributed by atoms with Crippen LogP contribution in [-0.2, 0) is 6.54 Å². The van der Waals surface area contributed by atoms with Gasteiger partial charge in [-0.1, -0.05) is 23.7 Å². The summed E-state index contributed by atoms with van der Waals surface area (Å²) in [5.74, 6) is -2.45. The second kappa shape index (κ2) is 4.06. The molecule has 0 aliphatic heterocycles. The average molecular weight is 232 g/mol. The van der Waals surface area contributed by atoms with Crippen LogP contribution >= 0.6 is 11.6 Å². The lowest BCUT2D eigenvalue weighted by atomic mass is 9.88. The van der Waals surface area contributed by atoms with Crippen LogP contribution in [0.1, 0.15) is 18.4 Å². The van der Waals surface area contributed by atoms with E-state index in [0.717, 1.165) is 5.56 Å². The van der Waals surface area contributed by atoms with Crippen molar-refractivity contribution in [1.29, 1.82) is 0 Å². The molecule has 1 aromatic carbocycles. The predicted octanol–water partition coefficient (Wildman–Crippen LogP) is 3.23. The van der Waals surface area contributed by atoms with Crippen molar-refractivity contribution in [2.45, 2.75) is 31.4 Å². The van der Waals surface area contributed by atoms with Gasteiger partial charge < -0.3 is 5.32 Å². The van der Waals surface area contributed by atoms with Crippen LogP contribution in [0.2, 0.25) is 5.02 Å². The van der Waals surface area contributed by atoms with Crippen molar-refractivity contribution in [3.8, 4) is 0 Å². The Kier molecular flexibility index (Phi) is 2.94. The predicted molar refractivity (Wildman–Crippen MR) is 56.3 cm³/mol. The first kappa shape index (κ1) is 10.8. The number of hydrogen-bond acceptors (Lipinski definition) is 1. The molecule has 1 aromatic rings. The molecule has 0 saturated heterocycles. The minimum atomic E-state index is -2.45. The lowest BCUT2D eigenvalue weighted by molar-refractivity contribution is -0.0930. The Morgan fingerprint density at radius 2 is 1.87 bits per heavy atom. The number of halogens is 3. The summed E-state index contributed by atoms with van der Waals surface area (Å²) in [4.78, 5) is 0. The second-order valence-corrected chi connectivity index (χ2v) is 4.40. The second-order valence-electron chi connectivity index (χ2n) is 3.97. The molecule has 2 rings (SSSR count). The Bertz CT molecular complexity index is 329. The van der Waals surface area contributed by atoms with Crippen molar-refractivity contribution in [3.05, 3.63) is 34.9 Å². The summed E-state index contributed by atoms with van der Waals surface area (Å²) in [6, 6.07) is 7.34. The first-order valence-corrected chi connectivity index (χ1v) is 5.29. The molecule has 1 fully saturated rings. The summed E-state index contributed by atoms with van der Waals surface area (Å²) in [6.07, 6.45) is -0.0822. The average Bonchev–Trinajstić information content (AvgIpc) is 2.14. The van der Waals surface area contributed by atoms with Gasteiger partial charge in [0, 0.05) is 30.5 Å². The maximum Gasteiger partial charge on any atom is 0.251 e. The van der Waals surface area contributed by atoms with Crippen LogP contribution in [0.5, 0.6) is 0 Å². The zero-order valence-electron chi connectivity index (χ0n) is 8.14. The molecular formula is C11H12ClF2N. The van der Waals surface area contributed by atoms with Gasteiger partial charge in [0.15, 0.2) is 0 Å². The summed E-state index contributed by atoms with van der Waals surface area (Å²) in [6.45, 7) is 0.623. The normalized spacial score (nSPS) is 19.9. The monoisotopic (exact) mass is 231 g/mol. The summed E-state index contributed by atoms with van der Waals surface area (Å²) in [7, 11) is 0. The maximum absolute atomic E-state index is 12.5. The summed E-state index contributed by atoms with van der Waals surface area (Å²) in [5, 5.41) is 3.78. The molecule has 0 bridgehead atoms. The minimum absolute atomic E-state index is 0.0411. The van der Waals surface area contributed by atoms with Gasteiger partial charge >= 0.3 is 0 Å². The van der Waals surface area contributed by atoms with Gasteiger partial charge in [-0.25, -0.2) is 8.78 Å². The number of nitrogens with one attached hydrogen (secondary N) is 1. The third kappa shape index (κ3) is 2.89. The van der Waals surface area contributed by atoms with E-state index in [4.69, 9.17) is 11.6 Å². The lowest BCUT2D eigenvalue weighted by Crippen LogP contribution is -2.48. The minimum Gasteiger partial charge on any atom is -0.309 e. The molecule has 0 amide bonds. The molecule has 0 atom stereocenters. The third-order valence-corrected chi connectivity index (χ3v) is 2.85. The van der Waals surface area contributed by atoms with Crippen molar-refractivity contribution in [3.63, 3.8) is 0 Å². The van der Waals surface area contributed by atoms with Crippen LogP contribution in [0.25, 0.3) is 0 Å². The Morgan fingerprint density at radius 3 is 2.40 bits per heavy atom. The molecular weight excluding hydrogens is 220 g/mol. The van der Waals surface area contributed by atoms with Crippen molar-refractivity contribution in [2.75, 3.05) is 0 Å². The van der Waals surface area contributed by atoms with E-state index in [1.807, 2.05) is 12.1 Å². The number of alkyl halides is 2. The Balaban J connectivity index is 1.77. The van der Waals surface area contributed by atoms with E-state index in [2.05, 4.69) is 5.32 Å². The van der Waals surface area contributed by atoms with Crippen molar-refractivity contribution in [2.24, 2.45) is 0 Å². The van der Waals surface area contributed by atoms with Gasteiger partial charge in [-0.2, -0.15) is 0 Å². The highest BCUT2D eigenvalue weighted by Gasteiger charge is 2.44. The fourth-order valence-electron chi connectivity index (χ4n) is 1.67. The van der Waals surface area contributed by atoms with E-state index in [1.165, 1.54) is 0 Å². The highest BCUT2D eigenvalue weighted by atomic mass is 35.5. The van der Waals surface area contributed by atoms with Gasteiger partial charge in [-0.15, -0.1) is 0 Å². The highest BCUT2D eigenvalue weighted by molar-refractivity contribution is 6.30. The van der Waals surface area contributed by atoms with E-state index < -0.39 is 5.92 Å². The smallest absolute Gasteiger partial charge is 0.251 e. The maximum atomic E-state index is 12.5. The van der Waals surface area contributed by atoms with Crippen molar-refractivity contribution < 1.29 is 8.78 Å². The molecule has 1 aliphatic carbocycles. The molecule has 82 valence electrons. The van der Waals surface area contributed by atoms with Crippen LogP contribution in [0.15, 0.2) is 24.3 Å². The molecule has 1 aliphatic rings. The molecule has 0 spiro atoms. The summed E-state index contributed by atoms with van der Waals surface area (Å²) >= 11 is 5.73. The van der Waals surface area contributed by atoms with Crippen LogP contribution < -0.4 is 5.32 Å². The molecule has 0 aromatic heterocycles. The molecule has 1 N–H and O–H groups in total. The Morgan fingerprint density at radius 1 is 1.27 bits per heavy atom. The van der Waals surface area contributed by atoms with Gasteiger partial charge in [0.2, 0.25) is 0 Å². The third-order valence-electron chi connectivity index (χ3n) is 2.60. The number of benzene rings is 1. The van der Waals surface area contributed by atoms with Crippen LogP contribution in [0, 0.1) is 0 Å². The van der Waals surface area contributed by atoms with E-state index in [-0.39, 0.29) is 18.9 Å². The molecule has 0 radical (unpaired) electrons. The van der Waals surface area contributed by atoms with E-state index >= 15 is 0 Å². The molecule has 0 heterocycles. The first-order valence-electron chi connectivity index (χ1n) is 4.91. The number of hydrogen-bond donors (Lipinski definition) is 1. The van der Waals surface area contributed by atoms with Gasteiger partial charge in [0.05, 0.1) is 0 Å². The van der Waals surface area contributed by atoms with Crippen LogP contribution in [0.3, 0.4) is 0 Å². The molecule has 4 heteroatoms. The molecule has 1 saturated carbocycles. The quantitative estimate of drug-likeness (QED) is 0.842. The SMILES string of the molecule is FC1(F)CC(NCc2ccc(Cl)cc2)C1. The van der Waals surface area contributed by atoms with Gasteiger partial charge in [-0.3, -0.25) is 0 Å². The molecule has 15 heavy (non-hydrogen) atoms. The fraction of sp³-hybridized carbons (Fsp3) is 0.455. The molecule has 0 unspecified atom stereocenters. The summed E-state index contributed by atoms with van der Waals surface area (Å²) < 4.78 is 25.0. The fourth-order valence-corrected chi connectivity index (χ4v) is 1.80. The molecule has 1 nitrogen and oxygen atoms in total. The Labute approximate surface area is 92.4 Å². The summed E-state index contributed by atoms with van der Waals surface area (Å²) in [5.41, 5.74) is 1.06. The zero-order valence-corrected chi connectivity index (χ0v) is 8.90. The van der Waals surface area contributed by atoms with Gasteiger partial charge in [0.25, 0.3) is 5.92 Å². The van der Waals surface area contributed by atoms with Crippen LogP contribution in [0.4, 0.5) is 8.78 Å². The first-order chi connectivity index (χ1) is 7.05. The van der Waals surface area contributed by atoms with Crippen LogP contribution in [-0.4, -0.2) is 12.0 Å². The zero-order chi connectivity index (χ0) is 10.9. The Hall–Kier alpha value is -0.670. The van der Waals surface area contributed by atoms with Crippen molar-refractivity contribution in [1.82, 2.24) is 5.32 Å². The van der Waals surface area contributed by atoms with Crippen molar-refractivity contribution >= 4 is 11.6 Å². The topological polar surface area (TPSA) is 12.0 Å². The largest absolute Gasteiger partial charge is 0.309 e.